The fourth-order valence-corrected chi connectivity index (χ4v) is 3.06. The Balaban J connectivity index is 1.80. The molecular weight excluding hydrogens is 186 g/mol. The molecule has 2 fully saturated rings. The Morgan fingerprint density at radius 1 is 1.33 bits per heavy atom. The molecule has 1 aliphatic carbocycles. The van der Waals surface area contributed by atoms with Crippen LogP contribution in [0.25, 0.3) is 0 Å². The van der Waals surface area contributed by atoms with E-state index in [0.717, 1.165) is 31.8 Å². The molecule has 0 aromatic rings. The summed E-state index contributed by atoms with van der Waals surface area (Å²) in [6.45, 7) is 5.45. The van der Waals surface area contributed by atoms with Crippen LogP contribution in [-0.4, -0.2) is 30.3 Å². The van der Waals surface area contributed by atoms with Crippen molar-refractivity contribution in [2.75, 3.05) is 19.6 Å². The van der Waals surface area contributed by atoms with Gasteiger partial charge in [-0.25, -0.2) is 0 Å². The molecule has 0 aromatic carbocycles. The Morgan fingerprint density at radius 2 is 2.07 bits per heavy atom. The van der Waals surface area contributed by atoms with Crippen LogP contribution in [0.5, 0.6) is 0 Å². The molecule has 1 aliphatic heterocycles. The van der Waals surface area contributed by atoms with Crippen molar-refractivity contribution in [1.82, 2.24) is 4.90 Å². The highest BCUT2D eigenvalue weighted by molar-refractivity contribution is 5.82. The van der Waals surface area contributed by atoms with Gasteiger partial charge in [-0.2, -0.15) is 0 Å². The molecule has 15 heavy (non-hydrogen) atoms. The van der Waals surface area contributed by atoms with E-state index in [2.05, 4.69) is 11.8 Å². The predicted molar refractivity (Wildman–Crippen MR) is 61.8 cm³/mol. The van der Waals surface area contributed by atoms with Crippen LogP contribution in [0.15, 0.2) is 0 Å². The minimum atomic E-state index is 0.333. The van der Waals surface area contributed by atoms with Gasteiger partial charge in [0.05, 0.1) is 0 Å². The highest BCUT2D eigenvalue weighted by Gasteiger charge is 2.27. The first-order valence-corrected chi connectivity index (χ1v) is 6.54. The van der Waals surface area contributed by atoms with Gasteiger partial charge in [-0.1, -0.05) is 19.8 Å². The average Bonchev–Trinajstić information content (AvgIpc) is 2.73. The largest absolute Gasteiger partial charge is 0.302 e. The number of Topliss-reactive ketones (excluding diaryl/α,β-unsaturated/α-hetero) is 1. The molecule has 0 bridgehead atoms. The molecule has 86 valence electrons. The van der Waals surface area contributed by atoms with Crippen molar-refractivity contribution in [1.29, 1.82) is 0 Å². The predicted octanol–water partition coefficient (Wildman–Crippen LogP) is 2.48. The standard InChI is InChI=1S/C13H23NO/c1-2-12-10-14(8-7-13(12)15)9-11-5-3-4-6-11/h11-12H,2-10H2,1H3. The first-order chi connectivity index (χ1) is 7.29. The maximum absolute atomic E-state index is 11.6. The lowest BCUT2D eigenvalue weighted by Gasteiger charge is -2.32. The summed E-state index contributed by atoms with van der Waals surface area (Å²) in [5.74, 6) is 1.76. The van der Waals surface area contributed by atoms with Gasteiger partial charge >= 0.3 is 0 Å². The SMILES string of the molecule is CCC1CN(CC2CCCC2)CCC1=O. The number of hydrogen-bond acceptors (Lipinski definition) is 2. The van der Waals surface area contributed by atoms with E-state index in [1.165, 1.54) is 32.2 Å². The zero-order chi connectivity index (χ0) is 10.7. The summed E-state index contributed by atoms with van der Waals surface area (Å²) in [7, 11) is 0. The van der Waals surface area contributed by atoms with Crippen LogP contribution in [0.4, 0.5) is 0 Å². The van der Waals surface area contributed by atoms with Gasteiger partial charge in [-0.05, 0) is 25.2 Å². The van der Waals surface area contributed by atoms with E-state index in [0.29, 0.717) is 11.7 Å². The Labute approximate surface area is 93.0 Å². The van der Waals surface area contributed by atoms with Crippen molar-refractivity contribution in [2.45, 2.75) is 45.4 Å². The fourth-order valence-electron chi connectivity index (χ4n) is 3.06. The summed E-state index contributed by atoms with van der Waals surface area (Å²) in [6, 6.07) is 0. The van der Waals surface area contributed by atoms with Gasteiger partial charge in [0, 0.05) is 32.0 Å². The lowest BCUT2D eigenvalue weighted by atomic mass is 9.93. The Morgan fingerprint density at radius 3 is 2.73 bits per heavy atom. The van der Waals surface area contributed by atoms with Crippen LogP contribution >= 0.6 is 0 Å². The smallest absolute Gasteiger partial charge is 0.138 e. The third-order valence-electron chi connectivity index (χ3n) is 4.09. The number of hydrogen-bond donors (Lipinski definition) is 0. The minimum absolute atomic E-state index is 0.333. The number of nitrogens with zero attached hydrogens (tertiary/aromatic N) is 1. The molecule has 0 radical (unpaired) electrons. The number of carbonyl (C=O) groups is 1. The molecule has 0 aromatic heterocycles. The molecule has 1 atom stereocenters. The summed E-state index contributed by atoms with van der Waals surface area (Å²) in [6.07, 6.45) is 7.51. The molecule has 1 saturated heterocycles. The molecule has 2 nitrogen and oxygen atoms in total. The van der Waals surface area contributed by atoms with Crippen LogP contribution in [0, 0.1) is 11.8 Å². The van der Waals surface area contributed by atoms with Gasteiger partial charge in [-0.3, -0.25) is 4.79 Å². The van der Waals surface area contributed by atoms with Crippen molar-refractivity contribution in [2.24, 2.45) is 11.8 Å². The third-order valence-corrected chi connectivity index (χ3v) is 4.09. The molecule has 0 spiro atoms. The first kappa shape index (κ1) is 11.1. The summed E-state index contributed by atoms with van der Waals surface area (Å²) in [5.41, 5.74) is 0. The highest BCUT2D eigenvalue weighted by atomic mass is 16.1. The lowest BCUT2D eigenvalue weighted by Crippen LogP contribution is -2.42. The number of carbonyl (C=O) groups excluding carboxylic acids is 1. The summed E-state index contributed by atoms with van der Waals surface area (Å²) in [5, 5.41) is 0. The highest BCUT2D eigenvalue weighted by Crippen LogP contribution is 2.27. The molecule has 1 saturated carbocycles. The number of piperidine rings is 1. The first-order valence-electron chi connectivity index (χ1n) is 6.54. The monoisotopic (exact) mass is 209 g/mol. The van der Waals surface area contributed by atoms with Crippen molar-refractivity contribution in [3.05, 3.63) is 0 Å². The molecule has 2 aliphatic rings. The number of rotatable bonds is 3. The normalized spacial score (nSPS) is 29.9. The molecule has 0 amide bonds. The van der Waals surface area contributed by atoms with Crippen LogP contribution in [0.1, 0.15) is 45.4 Å². The van der Waals surface area contributed by atoms with E-state index < -0.39 is 0 Å². The van der Waals surface area contributed by atoms with E-state index in [4.69, 9.17) is 0 Å². The zero-order valence-electron chi connectivity index (χ0n) is 9.87. The second-order valence-electron chi connectivity index (χ2n) is 5.23. The lowest BCUT2D eigenvalue weighted by molar-refractivity contribution is -0.126. The Hall–Kier alpha value is -0.370. The maximum atomic E-state index is 11.6. The van der Waals surface area contributed by atoms with E-state index in [-0.39, 0.29) is 0 Å². The molecule has 1 heterocycles. The topological polar surface area (TPSA) is 20.3 Å². The van der Waals surface area contributed by atoms with Crippen molar-refractivity contribution in [3.63, 3.8) is 0 Å². The Kier molecular flexibility index (Phi) is 3.79. The van der Waals surface area contributed by atoms with Crippen LogP contribution in [-0.2, 0) is 4.79 Å². The minimum Gasteiger partial charge on any atom is -0.302 e. The van der Waals surface area contributed by atoms with E-state index in [1.54, 1.807) is 0 Å². The van der Waals surface area contributed by atoms with Crippen LogP contribution in [0.2, 0.25) is 0 Å². The van der Waals surface area contributed by atoms with Gasteiger partial charge in [0.2, 0.25) is 0 Å². The molecule has 1 unspecified atom stereocenters. The summed E-state index contributed by atoms with van der Waals surface area (Å²) < 4.78 is 0. The quantitative estimate of drug-likeness (QED) is 0.711. The summed E-state index contributed by atoms with van der Waals surface area (Å²) in [4.78, 5) is 14.1. The fraction of sp³-hybridized carbons (Fsp3) is 0.923. The van der Waals surface area contributed by atoms with Gasteiger partial charge in [0.15, 0.2) is 0 Å². The third kappa shape index (κ3) is 2.81. The van der Waals surface area contributed by atoms with E-state index in [9.17, 15) is 4.79 Å². The maximum Gasteiger partial charge on any atom is 0.138 e. The molecule has 2 heteroatoms. The molecule has 2 rings (SSSR count). The van der Waals surface area contributed by atoms with Gasteiger partial charge in [-0.15, -0.1) is 0 Å². The summed E-state index contributed by atoms with van der Waals surface area (Å²) >= 11 is 0. The second-order valence-corrected chi connectivity index (χ2v) is 5.23. The van der Waals surface area contributed by atoms with Crippen molar-refractivity contribution in [3.8, 4) is 0 Å². The molecular formula is C13H23NO. The van der Waals surface area contributed by atoms with Crippen LogP contribution in [0.3, 0.4) is 0 Å². The number of likely N-dealkylation sites (tertiary alicyclic amines) is 1. The van der Waals surface area contributed by atoms with Gasteiger partial charge in [0.25, 0.3) is 0 Å². The van der Waals surface area contributed by atoms with E-state index >= 15 is 0 Å². The zero-order valence-corrected chi connectivity index (χ0v) is 9.87. The van der Waals surface area contributed by atoms with E-state index in [1.807, 2.05) is 0 Å². The van der Waals surface area contributed by atoms with Gasteiger partial charge < -0.3 is 4.90 Å². The molecule has 0 N–H and O–H groups in total. The second kappa shape index (κ2) is 5.11. The van der Waals surface area contributed by atoms with Crippen molar-refractivity contribution < 1.29 is 4.79 Å². The van der Waals surface area contributed by atoms with Gasteiger partial charge in [0.1, 0.15) is 5.78 Å². The Bertz CT molecular complexity index is 221. The van der Waals surface area contributed by atoms with Crippen molar-refractivity contribution >= 4 is 5.78 Å². The average molecular weight is 209 g/mol. The van der Waals surface area contributed by atoms with Crippen LogP contribution < -0.4 is 0 Å². The number of ketones is 1.